The summed E-state index contributed by atoms with van der Waals surface area (Å²) in [4.78, 5) is 11.6. The quantitative estimate of drug-likeness (QED) is 0.367. The molecule has 0 saturated carbocycles. The van der Waals surface area contributed by atoms with Crippen LogP contribution in [0.2, 0.25) is 0 Å². The van der Waals surface area contributed by atoms with Crippen LogP contribution in [0.3, 0.4) is 0 Å². The van der Waals surface area contributed by atoms with Crippen molar-refractivity contribution < 1.29 is 14.0 Å². The van der Waals surface area contributed by atoms with Gasteiger partial charge in [-0.1, -0.05) is 49.6 Å². The molecule has 0 saturated heterocycles. The fourth-order valence-corrected chi connectivity index (χ4v) is 3.39. The lowest BCUT2D eigenvalue weighted by Gasteiger charge is -2.35. The third-order valence-corrected chi connectivity index (χ3v) is 5.55. The lowest BCUT2D eigenvalue weighted by atomic mass is 10.1. The maximum absolute atomic E-state index is 11.6. The van der Waals surface area contributed by atoms with E-state index in [0.29, 0.717) is 13.2 Å². The number of amides is 1. The molecule has 4 heteroatoms. The van der Waals surface area contributed by atoms with E-state index in [9.17, 15) is 4.79 Å². The van der Waals surface area contributed by atoms with Gasteiger partial charge in [-0.25, -0.2) is 4.79 Å². The minimum Gasteiger partial charge on any atom is -0.445 e. The molecule has 1 aromatic carbocycles. The Morgan fingerprint density at radius 2 is 1.46 bits per heavy atom. The molecule has 0 radical (unpaired) electrons. The van der Waals surface area contributed by atoms with Crippen LogP contribution < -0.4 is 5.32 Å². The van der Waals surface area contributed by atoms with Gasteiger partial charge in [0.2, 0.25) is 0 Å². The Labute approximate surface area is 160 Å². The second-order valence-corrected chi connectivity index (χ2v) is 7.12. The molecule has 0 heterocycles. The van der Waals surface area contributed by atoms with Gasteiger partial charge in [0.1, 0.15) is 6.61 Å². The number of rotatable bonds is 14. The minimum absolute atomic E-state index is 0.318. The molecular formula is C22H39N2O2+. The largest absolute Gasteiger partial charge is 0.445 e. The second kappa shape index (κ2) is 13.6. The molecule has 1 aromatic rings. The topological polar surface area (TPSA) is 38.3 Å². The van der Waals surface area contributed by atoms with Crippen molar-refractivity contribution in [3.05, 3.63) is 35.9 Å². The Bertz CT molecular complexity index is 464. The first kappa shape index (κ1) is 22.5. The molecule has 0 aliphatic carbocycles. The lowest BCUT2D eigenvalue weighted by Crippen LogP contribution is -2.48. The monoisotopic (exact) mass is 363 g/mol. The Morgan fingerprint density at radius 1 is 0.885 bits per heavy atom. The molecule has 0 aromatic heterocycles. The van der Waals surface area contributed by atoms with Crippen LogP contribution in [0.4, 0.5) is 4.79 Å². The molecule has 0 aliphatic rings. The summed E-state index contributed by atoms with van der Waals surface area (Å²) in [7, 11) is 0. The van der Waals surface area contributed by atoms with Crippen molar-refractivity contribution in [1.82, 2.24) is 5.32 Å². The van der Waals surface area contributed by atoms with Gasteiger partial charge in [0.05, 0.1) is 26.2 Å². The minimum atomic E-state index is -0.318. The van der Waals surface area contributed by atoms with Gasteiger partial charge in [-0.2, -0.15) is 0 Å². The molecule has 148 valence electrons. The van der Waals surface area contributed by atoms with Crippen LogP contribution in [0, 0.1) is 0 Å². The fourth-order valence-electron chi connectivity index (χ4n) is 3.39. The Balaban J connectivity index is 1.95. The summed E-state index contributed by atoms with van der Waals surface area (Å²) in [6.45, 7) is 13.0. The average Bonchev–Trinajstić information content (AvgIpc) is 2.69. The number of carbonyl (C=O) groups is 1. The van der Waals surface area contributed by atoms with Gasteiger partial charge in [0.25, 0.3) is 0 Å². The van der Waals surface area contributed by atoms with Crippen LogP contribution in [-0.4, -0.2) is 43.3 Å². The van der Waals surface area contributed by atoms with E-state index in [2.05, 4.69) is 26.1 Å². The van der Waals surface area contributed by atoms with Crippen LogP contribution in [0.15, 0.2) is 30.3 Å². The third-order valence-electron chi connectivity index (χ3n) is 5.55. The highest BCUT2D eigenvalue weighted by atomic mass is 16.5. The van der Waals surface area contributed by atoms with Crippen LogP contribution in [0.25, 0.3) is 0 Å². The summed E-state index contributed by atoms with van der Waals surface area (Å²) in [5.74, 6) is 0. The molecule has 26 heavy (non-hydrogen) atoms. The van der Waals surface area contributed by atoms with Crippen molar-refractivity contribution in [2.45, 2.75) is 65.9 Å². The third kappa shape index (κ3) is 9.23. The molecule has 0 fully saturated rings. The molecule has 0 spiro atoms. The zero-order valence-corrected chi connectivity index (χ0v) is 17.1. The molecule has 4 nitrogen and oxygen atoms in total. The Morgan fingerprint density at radius 3 is 2.08 bits per heavy atom. The number of unbranched alkanes of at least 4 members (excludes halogenated alkanes) is 5. The standard InChI is InChI=1S/C22H38N2O2/c1-4-24(5-2,6-3)19-15-10-8-7-9-14-18-23-22(25)26-20-21-16-12-11-13-17-21/h11-13,16-17H,4-10,14-15,18-20H2,1-3H3/p+1. The summed E-state index contributed by atoms with van der Waals surface area (Å²) < 4.78 is 6.46. The second-order valence-electron chi connectivity index (χ2n) is 7.12. The van der Waals surface area contributed by atoms with E-state index in [4.69, 9.17) is 4.74 Å². The van der Waals surface area contributed by atoms with E-state index < -0.39 is 0 Å². The fraction of sp³-hybridized carbons (Fsp3) is 0.682. The summed E-state index contributed by atoms with van der Waals surface area (Å²) in [6, 6.07) is 9.76. The van der Waals surface area contributed by atoms with Crippen molar-refractivity contribution in [1.29, 1.82) is 0 Å². The molecule has 0 atom stereocenters. The maximum atomic E-state index is 11.6. The first-order valence-electron chi connectivity index (χ1n) is 10.5. The van der Waals surface area contributed by atoms with Crippen molar-refractivity contribution in [2.75, 3.05) is 32.7 Å². The van der Waals surface area contributed by atoms with Crippen molar-refractivity contribution >= 4 is 6.09 Å². The number of ether oxygens (including phenoxy) is 1. The maximum Gasteiger partial charge on any atom is 0.407 e. The molecule has 1 N–H and O–H groups in total. The van der Waals surface area contributed by atoms with Gasteiger partial charge in [-0.3, -0.25) is 0 Å². The van der Waals surface area contributed by atoms with E-state index >= 15 is 0 Å². The van der Waals surface area contributed by atoms with Gasteiger partial charge >= 0.3 is 6.09 Å². The highest BCUT2D eigenvalue weighted by Crippen LogP contribution is 2.11. The van der Waals surface area contributed by atoms with Gasteiger partial charge in [-0.05, 0) is 45.6 Å². The van der Waals surface area contributed by atoms with Crippen LogP contribution in [0.5, 0.6) is 0 Å². The number of carbonyl (C=O) groups excluding carboxylic acids is 1. The first-order chi connectivity index (χ1) is 12.7. The summed E-state index contributed by atoms with van der Waals surface area (Å²) in [5, 5.41) is 2.83. The van der Waals surface area contributed by atoms with Crippen molar-refractivity contribution in [3.8, 4) is 0 Å². The SMILES string of the molecule is CC[N+](CC)(CC)CCCCCCCCNC(=O)OCc1ccccc1. The molecule has 1 amide bonds. The lowest BCUT2D eigenvalue weighted by molar-refractivity contribution is -0.923. The number of hydrogen-bond donors (Lipinski definition) is 1. The van der Waals surface area contributed by atoms with E-state index in [1.54, 1.807) is 0 Å². The van der Waals surface area contributed by atoms with E-state index in [0.717, 1.165) is 12.0 Å². The van der Waals surface area contributed by atoms with E-state index in [-0.39, 0.29) is 6.09 Å². The highest BCUT2D eigenvalue weighted by Gasteiger charge is 2.19. The molecule has 0 unspecified atom stereocenters. The smallest absolute Gasteiger partial charge is 0.407 e. The highest BCUT2D eigenvalue weighted by molar-refractivity contribution is 5.67. The zero-order valence-electron chi connectivity index (χ0n) is 17.1. The van der Waals surface area contributed by atoms with E-state index in [1.807, 2.05) is 30.3 Å². The Kier molecular flexibility index (Phi) is 11.8. The van der Waals surface area contributed by atoms with Gasteiger partial charge in [0.15, 0.2) is 0 Å². The average molecular weight is 364 g/mol. The predicted molar refractivity (Wildman–Crippen MR) is 109 cm³/mol. The van der Waals surface area contributed by atoms with Crippen LogP contribution in [-0.2, 0) is 11.3 Å². The number of nitrogens with zero attached hydrogens (tertiary/aromatic N) is 1. The zero-order chi connectivity index (χ0) is 19.1. The molecular weight excluding hydrogens is 324 g/mol. The molecule has 0 bridgehead atoms. The normalized spacial score (nSPS) is 11.3. The van der Waals surface area contributed by atoms with Crippen LogP contribution in [0.1, 0.15) is 64.9 Å². The number of nitrogens with one attached hydrogen (secondary N) is 1. The van der Waals surface area contributed by atoms with Gasteiger partial charge in [0, 0.05) is 6.54 Å². The van der Waals surface area contributed by atoms with E-state index in [1.165, 1.54) is 62.8 Å². The number of hydrogen-bond acceptors (Lipinski definition) is 2. The Hall–Kier alpha value is -1.55. The number of quaternary nitrogens is 1. The van der Waals surface area contributed by atoms with Crippen LogP contribution >= 0.6 is 0 Å². The van der Waals surface area contributed by atoms with Gasteiger partial charge in [-0.15, -0.1) is 0 Å². The summed E-state index contributed by atoms with van der Waals surface area (Å²) in [5.41, 5.74) is 1.01. The van der Waals surface area contributed by atoms with Crippen molar-refractivity contribution in [2.24, 2.45) is 0 Å². The number of benzene rings is 1. The molecule has 0 aliphatic heterocycles. The van der Waals surface area contributed by atoms with Gasteiger partial charge < -0.3 is 14.5 Å². The van der Waals surface area contributed by atoms with Crippen molar-refractivity contribution in [3.63, 3.8) is 0 Å². The molecule has 1 rings (SSSR count). The summed E-state index contributed by atoms with van der Waals surface area (Å²) in [6.07, 6.45) is 7.10. The first-order valence-corrected chi connectivity index (χ1v) is 10.5. The number of alkyl carbamates (subject to hydrolysis) is 1. The predicted octanol–water partition coefficient (Wildman–Crippen LogP) is 5.13. The summed E-state index contributed by atoms with van der Waals surface area (Å²) >= 11 is 0.